The van der Waals surface area contributed by atoms with Gasteiger partial charge in [-0.25, -0.2) is 0 Å². The number of hydrogen-bond donors (Lipinski definition) is 1. The van der Waals surface area contributed by atoms with Crippen molar-refractivity contribution in [2.24, 2.45) is 0 Å². The van der Waals surface area contributed by atoms with Crippen LogP contribution in [-0.4, -0.2) is 41.8 Å². The Balaban J connectivity index is 3.74. The van der Waals surface area contributed by atoms with E-state index < -0.39 is 18.6 Å². The van der Waals surface area contributed by atoms with Gasteiger partial charge in [-0.3, -0.25) is 4.79 Å². The van der Waals surface area contributed by atoms with Crippen LogP contribution in [0.25, 0.3) is 0 Å². The highest BCUT2D eigenvalue weighted by atomic mass is 19.4. The van der Waals surface area contributed by atoms with E-state index in [4.69, 9.17) is 5.11 Å². The van der Waals surface area contributed by atoms with Gasteiger partial charge in [-0.2, -0.15) is 13.2 Å². The fourth-order valence-electron chi connectivity index (χ4n) is 0.967. The summed E-state index contributed by atoms with van der Waals surface area (Å²) in [6.07, 6.45) is -5.18. The van der Waals surface area contributed by atoms with Gasteiger partial charge in [0.05, 0.1) is 12.8 Å². The summed E-state index contributed by atoms with van der Waals surface area (Å²) in [5, 5.41) is 8.34. The minimum absolute atomic E-state index is 0.119. The number of carboxylic acid groups (broad SMARTS) is 1. The van der Waals surface area contributed by atoms with E-state index in [-0.39, 0.29) is 19.5 Å². The molecule has 84 valence electrons. The maximum absolute atomic E-state index is 11.8. The SMILES string of the molecule is CCN(CCC(=O)O)CCC(F)(F)F. The van der Waals surface area contributed by atoms with Crippen LogP contribution in [0, 0.1) is 0 Å². The first-order valence-corrected chi connectivity index (χ1v) is 4.36. The van der Waals surface area contributed by atoms with Crippen molar-refractivity contribution >= 4 is 5.97 Å². The molecule has 0 fully saturated rings. The number of halogens is 3. The Labute approximate surface area is 80.5 Å². The Morgan fingerprint density at radius 3 is 2.29 bits per heavy atom. The fraction of sp³-hybridized carbons (Fsp3) is 0.875. The first-order valence-electron chi connectivity index (χ1n) is 4.36. The van der Waals surface area contributed by atoms with E-state index in [9.17, 15) is 18.0 Å². The van der Waals surface area contributed by atoms with Gasteiger partial charge in [0, 0.05) is 13.1 Å². The summed E-state index contributed by atoms with van der Waals surface area (Å²) < 4.78 is 35.4. The molecule has 1 N–H and O–H groups in total. The van der Waals surface area contributed by atoms with Crippen LogP contribution in [0.3, 0.4) is 0 Å². The van der Waals surface area contributed by atoms with Crippen molar-refractivity contribution in [2.45, 2.75) is 25.9 Å². The quantitative estimate of drug-likeness (QED) is 0.730. The van der Waals surface area contributed by atoms with E-state index in [1.54, 1.807) is 6.92 Å². The van der Waals surface area contributed by atoms with E-state index in [0.717, 1.165) is 0 Å². The Hall–Kier alpha value is -0.780. The molecule has 0 rings (SSSR count). The van der Waals surface area contributed by atoms with E-state index in [0.29, 0.717) is 6.54 Å². The van der Waals surface area contributed by atoms with Crippen molar-refractivity contribution in [1.82, 2.24) is 4.90 Å². The van der Waals surface area contributed by atoms with Crippen LogP contribution in [0.1, 0.15) is 19.8 Å². The highest BCUT2D eigenvalue weighted by molar-refractivity contribution is 5.66. The zero-order chi connectivity index (χ0) is 11.2. The molecule has 0 aromatic rings. The topological polar surface area (TPSA) is 40.5 Å². The highest BCUT2D eigenvalue weighted by Crippen LogP contribution is 2.19. The van der Waals surface area contributed by atoms with Gasteiger partial charge in [-0.05, 0) is 6.54 Å². The van der Waals surface area contributed by atoms with Crippen LogP contribution in [0.2, 0.25) is 0 Å². The van der Waals surface area contributed by atoms with Gasteiger partial charge < -0.3 is 10.0 Å². The summed E-state index contributed by atoms with van der Waals surface area (Å²) in [5.74, 6) is -0.990. The molecule has 0 heterocycles. The van der Waals surface area contributed by atoms with Gasteiger partial charge >= 0.3 is 12.1 Å². The molecule has 3 nitrogen and oxygen atoms in total. The van der Waals surface area contributed by atoms with Crippen LogP contribution in [-0.2, 0) is 4.79 Å². The van der Waals surface area contributed by atoms with Crippen molar-refractivity contribution in [1.29, 1.82) is 0 Å². The molecule has 14 heavy (non-hydrogen) atoms. The zero-order valence-electron chi connectivity index (χ0n) is 7.97. The first-order chi connectivity index (χ1) is 6.35. The molecule has 0 atom stereocenters. The van der Waals surface area contributed by atoms with Crippen LogP contribution in [0.15, 0.2) is 0 Å². The molecule has 0 aromatic heterocycles. The molecule has 0 unspecified atom stereocenters. The molecule has 0 aliphatic carbocycles. The summed E-state index contributed by atoms with van der Waals surface area (Å²) in [4.78, 5) is 11.6. The summed E-state index contributed by atoms with van der Waals surface area (Å²) >= 11 is 0. The summed E-state index contributed by atoms with van der Waals surface area (Å²) in [6.45, 7) is 2.18. The molecule has 0 saturated carbocycles. The molecule has 0 aliphatic heterocycles. The Bertz CT molecular complexity index is 182. The molecule has 0 aromatic carbocycles. The molecule has 0 amide bonds. The van der Waals surface area contributed by atoms with Crippen LogP contribution in [0.4, 0.5) is 13.2 Å². The van der Waals surface area contributed by atoms with Gasteiger partial charge in [0.25, 0.3) is 0 Å². The molecule has 6 heteroatoms. The van der Waals surface area contributed by atoms with Crippen LogP contribution < -0.4 is 0 Å². The van der Waals surface area contributed by atoms with Crippen molar-refractivity contribution < 1.29 is 23.1 Å². The number of carboxylic acids is 1. The highest BCUT2D eigenvalue weighted by Gasteiger charge is 2.27. The lowest BCUT2D eigenvalue weighted by atomic mass is 10.3. The predicted octanol–water partition coefficient (Wildman–Crippen LogP) is 1.74. The number of aliphatic carboxylic acids is 1. The fourth-order valence-corrected chi connectivity index (χ4v) is 0.967. The van der Waals surface area contributed by atoms with Gasteiger partial charge in [0.2, 0.25) is 0 Å². The Morgan fingerprint density at radius 2 is 1.93 bits per heavy atom. The van der Waals surface area contributed by atoms with E-state index in [2.05, 4.69) is 0 Å². The summed E-state index contributed by atoms with van der Waals surface area (Å²) in [7, 11) is 0. The number of nitrogens with zero attached hydrogens (tertiary/aromatic N) is 1. The normalized spacial score (nSPS) is 12.1. The van der Waals surface area contributed by atoms with Gasteiger partial charge in [0.1, 0.15) is 0 Å². The third kappa shape index (κ3) is 7.85. The smallest absolute Gasteiger partial charge is 0.390 e. The number of rotatable bonds is 6. The van der Waals surface area contributed by atoms with E-state index in [1.807, 2.05) is 0 Å². The van der Waals surface area contributed by atoms with Crippen LogP contribution >= 0.6 is 0 Å². The van der Waals surface area contributed by atoms with E-state index >= 15 is 0 Å². The largest absolute Gasteiger partial charge is 0.481 e. The van der Waals surface area contributed by atoms with Gasteiger partial charge in [-0.1, -0.05) is 6.92 Å². The number of carbonyl (C=O) groups is 1. The standard InChI is InChI=1S/C8H14F3NO2/c1-2-12(5-3-7(13)14)6-4-8(9,10)11/h2-6H2,1H3,(H,13,14). The lowest BCUT2D eigenvalue weighted by Gasteiger charge is -2.19. The maximum Gasteiger partial charge on any atom is 0.390 e. The summed E-state index contributed by atoms with van der Waals surface area (Å²) in [5.41, 5.74) is 0. The maximum atomic E-state index is 11.8. The number of alkyl halides is 3. The second-order valence-electron chi connectivity index (χ2n) is 2.94. The molecule has 0 saturated heterocycles. The molecule has 0 aliphatic rings. The van der Waals surface area contributed by atoms with Crippen molar-refractivity contribution in [3.8, 4) is 0 Å². The van der Waals surface area contributed by atoms with Crippen molar-refractivity contribution in [2.75, 3.05) is 19.6 Å². The first kappa shape index (κ1) is 13.2. The lowest BCUT2D eigenvalue weighted by molar-refractivity contribution is -0.139. The van der Waals surface area contributed by atoms with Crippen LogP contribution in [0.5, 0.6) is 0 Å². The third-order valence-electron chi connectivity index (χ3n) is 1.80. The zero-order valence-corrected chi connectivity index (χ0v) is 7.97. The average molecular weight is 213 g/mol. The second-order valence-corrected chi connectivity index (χ2v) is 2.94. The molecule has 0 spiro atoms. The predicted molar refractivity (Wildman–Crippen MR) is 45.0 cm³/mol. The molecular weight excluding hydrogens is 199 g/mol. The van der Waals surface area contributed by atoms with Crippen molar-refractivity contribution in [3.63, 3.8) is 0 Å². The molecule has 0 radical (unpaired) electrons. The lowest BCUT2D eigenvalue weighted by Crippen LogP contribution is -2.30. The number of hydrogen-bond acceptors (Lipinski definition) is 2. The summed E-state index contributed by atoms with van der Waals surface area (Å²) in [6, 6.07) is 0. The molecule has 0 bridgehead atoms. The second kappa shape index (κ2) is 5.85. The van der Waals surface area contributed by atoms with E-state index in [1.165, 1.54) is 4.90 Å². The molecular formula is C8H14F3NO2. The van der Waals surface area contributed by atoms with Gasteiger partial charge in [-0.15, -0.1) is 0 Å². The third-order valence-corrected chi connectivity index (χ3v) is 1.80. The van der Waals surface area contributed by atoms with Crippen molar-refractivity contribution in [3.05, 3.63) is 0 Å². The Morgan fingerprint density at radius 1 is 1.36 bits per heavy atom. The minimum Gasteiger partial charge on any atom is -0.481 e. The van der Waals surface area contributed by atoms with Gasteiger partial charge in [0.15, 0.2) is 0 Å². The minimum atomic E-state index is -4.17. The monoisotopic (exact) mass is 213 g/mol. The Kier molecular flexibility index (Phi) is 5.52. The average Bonchev–Trinajstić information content (AvgIpc) is 2.02.